The molecule has 0 saturated carbocycles. The molecule has 0 unspecified atom stereocenters. The number of rotatable bonds is 9. The van der Waals surface area contributed by atoms with Gasteiger partial charge in [-0.15, -0.1) is 0 Å². The van der Waals surface area contributed by atoms with Gasteiger partial charge in [-0.05, 0) is 29.7 Å². The maximum absolute atomic E-state index is 13.3. The monoisotopic (exact) mass is 440 g/mol. The second-order valence-electron chi connectivity index (χ2n) is 7.93. The Hall–Kier alpha value is -3.97. The SMILES string of the molecule is Cn1c(NC[C@H](N)Cc2ccccc2)nc(-c2ccncc2)c(NCc2ccccc2)c1=O. The first-order valence-electron chi connectivity index (χ1n) is 10.9. The standard InChI is InChI=1S/C26H28N6O/c1-32-25(33)24(29-17-20-10-6-3-7-11-20)23(21-12-14-28-15-13-21)31-26(32)30-18-22(27)16-19-8-4-2-5-9-19/h2-15,22,29H,16-18,27H2,1H3,(H,30,31)/t22-/m1/s1. The number of aromatic nitrogens is 3. The molecule has 4 rings (SSSR count). The average Bonchev–Trinajstić information content (AvgIpc) is 2.86. The molecular weight excluding hydrogens is 412 g/mol. The molecule has 7 nitrogen and oxygen atoms in total. The molecule has 4 N–H and O–H groups in total. The zero-order valence-electron chi connectivity index (χ0n) is 18.6. The van der Waals surface area contributed by atoms with E-state index in [9.17, 15) is 4.79 Å². The van der Waals surface area contributed by atoms with E-state index in [2.05, 4.69) is 27.8 Å². The minimum absolute atomic E-state index is 0.121. The first-order valence-corrected chi connectivity index (χ1v) is 10.9. The number of hydrogen-bond acceptors (Lipinski definition) is 6. The van der Waals surface area contributed by atoms with Crippen LogP contribution in [0.15, 0.2) is 90.0 Å². The molecule has 2 aromatic carbocycles. The van der Waals surface area contributed by atoms with Gasteiger partial charge < -0.3 is 16.4 Å². The fourth-order valence-corrected chi connectivity index (χ4v) is 3.64. The topological polar surface area (TPSA) is 97.9 Å². The Kier molecular flexibility index (Phi) is 7.12. The van der Waals surface area contributed by atoms with Crippen molar-refractivity contribution in [3.63, 3.8) is 0 Å². The Balaban J connectivity index is 1.59. The Labute approximate surface area is 193 Å². The summed E-state index contributed by atoms with van der Waals surface area (Å²) in [7, 11) is 1.71. The van der Waals surface area contributed by atoms with Crippen molar-refractivity contribution >= 4 is 11.6 Å². The highest BCUT2D eigenvalue weighted by atomic mass is 16.1. The van der Waals surface area contributed by atoms with Gasteiger partial charge in [-0.3, -0.25) is 14.3 Å². The van der Waals surface area contributed by atoms with Gasteiger partial charge in [0.15, 0.2) is 0 Å². The summed E-state index contributed by atoms with van der Waals surface area (Å²) in [6.07, 6.45) is 4.12. The van der Waals surface area contributed by atoms with Gasteiger partial charge in [0.2, 0.25) is 5.95 Å². The number of nitrogens with zero attached hydrogens (tertiary/aromatic N) is 3. The summed E-state index contributed by atoms with van der Waals surface area (Å²) in [4.78, 5) is 22.2. The molecule has 0 aliphatic rings. The molecule has 1 atom stereocenters. The molecule has 0 saturated heterocycles. The quantitative estimate of drug-likeness (QED) is 0.369. The van der Waals surface area contributed by atoms with E-state index < -0.39 is 0 Å². The van der Waals surface area contributed by atoms with Crippen LogP contribution in [0.3, 0.4) is 0 Å². The van der Waals surface area contributed by atoms with Crippen molar-refractivity contribution in [1.29, 1.82) is 0 Å². The van der Waals surface area contributed by atoms with Crippen molar-refractivity contribution in [2.24, 2.45) is 12.8 Å². The third-order valence-electron chi connectivity index (χ3n) is 5.42. The van der Waals surface area contributed by atoms with Crippen LogP contribution in [0.1, 0.15) is 11.1 Å². The lowest BCUT2D eigenvalue weighted by molar-refractivity contribution is 0.688. The van der Waals surface area contributed by atoms with E-state index in [1.807, 2.05) is 60.7 Å². The zero-order chi connectivity index (χ0) is 23.0. The van der Waals surface area contributed by atoms with Crippen LogP contribution in [-0.4, -0.2) is 27.1 Å². The fraction of sp³-hybridized carbons (Fsp3) is 0.192. The van der Waals surface area contributed by atoms with Gasteiger partial charge in [0.25, 0.3) is 5.56 Å². The number of hydrogen-bond donors (Lipinski definition) is 3. The summed E-state index contributed by atoms with van der Waals surface area (Å²) in [6, 6.07) is 23.6. The average molecular weight is 441 g/mol. The number of anilines is 2. The number of benzene rings is 2. The van der Waals surface area contributed by atoms with E-state index in [4.69, 9.17) is 10.7 Å². The minimum atomic E-state index is -0.160. The number of nitrogens with one attached hydrogen (secondary N) is 2. The Bertz CT molecular complexity index is 1230. The van der Waals surface area contributed by atoms with Crippen molar-refractivity contribution in [1.82, 2.24) is 14.5 Å². The van der Waals surface area contributed by atoms with Gasteiger partial charge in [-0.25, -0.2) is 4.98 Å². The van der Waals surface area contributed by atoms with Crippen LogP contribution in [-0.2, 0) is 20.0 Å². The first-order chi connectivity index (χ1) is 16.1. The zero-order valence-corrected chi connectivity index (χ0v) is 18.6. The highest BCUT2D eigenvalue weighted by Crippen LogP contribution is 2.24. The van der Waals surface area contributed by atoms with E-state index in [1.54, 1.807) is 19.4 Å². The molecule has 0 fully saturated rings. The van der Waals surface area contributed by atoms with Crippen LogP contribution < -0.4 is 21.9 Å². The molecule has 7 heteroatoms. The summed E-state index contributed by atoms with van der Waals surface area (Å²) in [6.45, 7) is 1.01. The minimum Gasteiger partial charge on any atom is -0.375 e. The smallest absolute Gasteiger partial charge is 0.278 e. The maximum atomic E-state index is 13.3. The van der Waals surface area contributed by atoms with Crippen LogP contribution in [0, 0.1) is 0 Å². The molecule has 0 amide bonds. The van der Waals surface area contributed by atoms with Crippen LogP contribution in [0.25, 0.3) is 11.3 Å². The summed E-state index contributed by atoms with van der Waals surface area (Å²) >= 11 is 0. The van der Waals surface area contributed by atoms with Crippen molar-refractivity contribution in [2.45, 2.75) is 19.0 Å². The van der Waals surface area contributed by atoms with Gasteiger partial charge in [-0.1, -0.05) is 60.7 Å². The third kappa shape index (κ3) is 5.64. The first kappa shape index (κ1) is 22.2. The molecule has 0 radical (unpaired) electrons. The highest BCUT2D eigenvalue weighted by molar-refractivity contribution is 5.74. The molecule has 33 heavy (non-hydrogen) atoms. The Morgan fingerprint density at radius 3 is 2.21 bits per heavy atom. The highest BCUT2D eigenvalue weighted by Gasteiger charge is 2.17. The fourth-order valence-electron chi connectivity index (χ4n) is 3.64. The van der Waals surface area contributed by atoms with Crippen LogP contribution in [0.2, 0.25) is 0 Å². The predicted molar refractivity (Wildman–Crippen MR) is 133 cm³/mol. The summed E-state index contributed by atoms with van der Waals surface area (Å²) in [5.41, 5.74) is 10.3. The second kappa shape index (κ2) is 10.6. The molecule has 2 heterocycles. The molecule has 2 aromatic heterocycles. The largest absolute Gasteiger partial charge is 0.375 e. The summed E-state index contributed by atoms with van der Waals surface area (Å²) in [5, 5.41) is 6.56. The van der Waals surface area contributed by atoms with Gasteiger partial charge in [0, 0.05) is 44.1 Å². The van der Waals surface area contributed by atoms with Gasteiger partial charge in [0.05, 0.1) is 0 Å². The van der Waals surface area contributed by atoms with E-state index >= 15 is 0 Å². The lowest BCUT2D eigenvalue weighted by atomic mass is 10.1. The molecular formula is C26H28N6O. The third-order valence-corrected chi connectivity index (χ3v) is 5.42. The predicted octanol–water partition coefficient (Wildman–Crippen LogP) is 3.44. The second-order valence-corrected chi connectivity index (χ2v) is 7.93. The normalized spacial score (nSPS) is 11.7. The van der Waals surface area contributed by atoms with Crippen LogP contribution >= 0.6 is 0 Å². The van der Waals surface area contributed by atoms with E-state index in [-0.39, 0.29) is 11.6 Å². The Morgan fingerprint density at radius 1 is 0.909 bits per heavy atom. The number of pyridine rings is 1. The van der Waals surface area contributed by atoms with Crippen molar-refractivity contribution in [3.8, 4) is 11.3 Å². The molecule has 0 bridgehead atoms. The lowest BCUT2D eigenvalue weighted by Crippen LogP contribution is -2.34. The molecule has 168 valence electrons. The molecule has 0 aliphatic carbocycles. The van der Waals surface area contributed by atoms with Gasteiger partial charge >= 0.3 is 0 Å². The molecule has 4 aromatic rings. The van der Waals surface area contributed by atoms with Crippen LogP contribution in [0.5, 0.6) is 0 Å². The number of nitrogens with two attached hydrogens (primary N) is 1. The molecule has 0 aliphatic heterocycles. The van der Waals surface area contributed by atoms with E-state index in [1.165, 1.54) is 10.1 Å². The van der Waals surface area contributed by atoms with E-state index in [0.717, 1.165) is 17.5 Å². The van der Waals surface area contributed by atoms with Crippen molar-refractivity contribution in [3.05, 3.63) is 107 Å². The summed E-state index contributed by atoms with van der Waals surface area (Å²) < 4.78 is 1.52. The summed E-state index contributed by atoms with van der Waals surface area (Å²) in [5.74, 6) is 0.473. The van der Waals surface area contributed by atoms with Crippen molar-refractivity contribution < 1.29 is 0 Å². The van der Waals surface area contributed by atoms with E-state index in [0.29, 0.717) is 30.4 Å². The van der Waals surface area contributed by atoms with Crippen LogP contribution in [0.4, 0.5) is 11.6 Å². The van der Waals surface area contributed by atoms with Gasteiger partial charge in [0.1, 0.15) is 11.4 Å². The maximum Gasteiger partial charge on any atom is 0.278 e. The molecule has 0 spiro atoms. The Morgan fingerprint density at radius 2 is 1.55 bits per heavy atom. The van der Waals surface area contributed by atoms with Crippen molar-refractivity contribution in [2.75, 3.05) is 17.2 Å². The lowest BCUT2D eigenvalue weighted by Gasteiger charge is -2.18. The van der Waals surface area contributed by atoms with Gasteiger partial charge in [-0.2, -0.15) is 0 Å².